The van der Waals surface area contributed by atoms with Gasteiger partial charge >= 0.3 is 0 Å². The first kappa shape index (κ1) is 14.4. The van der Waals surface area contributed by atoms with Gasteiger partial charge in [-0.15, -0.1) is 0 Å². The van der Waals surface area contributed by atoms with E-state index in [1.807, 2.05) is 6.92 Å². The van der Waals surface area contributed by atoms with Crippen molar-refractivity contribution in [3.63, 3.8) is 0 Å². The highest BCUT2D eigenvalue weighted by molar-refractivity contribution is 5.18. The van der Waals surface area contributed by atoms with Gasteiger partial charge in [-0.2, -0.15) is 0 Å². The molecule has 106 valence electrons. The quantitative estimate of drug-likeness (QED) is 0.857. The Kier molecular flexibility index (Phi) is 5.28. The summed E-state index contributed by atoms with van der Waals surface area (Å²) in [6, 6.07) is 4.38. The van der Waals surface area contributed by atoms with Crippen molar-refractivity contribution in [3.05, 3.63) is 35.4 Å². The molecule has 0 spiro atoms. The molecule has 1 N–H and O–H groups in total. The maximum atomic E-state index is 13.2. The first-order valence-corrected chi connectivity index (χ1v) is 6.98. The number of rotatable bonds is 6. The molecule has 0 bridgehead atoms. The Morgan fingerprint density at radius 2 is 2.21 bits per heavy atom. The Hall–Kier alpha value is -1.00. The Bertz CT molecular complexity index is 405. The third-order valence-electron chi connectivity index (χ3n) is 3.53. The minimum atomic E-state index is -0.789. The summed E-state index contributed by atoms with van der Waals surface area (Å²) in [5, 5.41) is 3.40. The predicted octanol–water partition coefficient (Wildman–Crippen LogP) is 3.05. The van der Waals surface area contributed by atoms with Gasteiger partial charge in [0.25, 0.3) is 0 Å². The average Bonchev–Trinajstić information content (AvgIpc) is 2.87. The van der Waals surface area contributed by atoms with Gasteiger partial charge in [0.15, 0.2) is 11.6 Å². The van der Waals surface area contributed by atoms with Crippen LogP contribution in [0.2, 0.25) is 0 Å². The van der Waals surface area contributed by atoms with Crippen LogP contribution < -0.4 is 5.32 Å². The Labute approximate surface area is 113 Å². The van der Waals surface area contributed by atoms with E-state index in [4.69, 9.17) is 4.74 Å². The lowest BCUT2D eigenvalue weighted by molar-refractivity contribution is 0.0947. The van der Waals surface area contributed by atoms with Gasteiger partial charge in [-0.1, -0.05) is 13.0 Å². The van der Waals surface area contributed by atoms with E-state index in [2.05, 4.69) is 5.32 Å². The van der Waals surface area contributed by atoms with Crippen molar-refractivity contribution in [1.82, 2.24) is 5.32 Å². The van der Waals surface area contributed by atoms with Crippen LogP contribution in [0.5, 0.6) is 0 Å². The molecule has 0 saturated carbocycles. The van der Waals surface area contributed by atoms with Crippen LogP contribution in [0, 0.1) is 11.6 Å². The van der Waals surface area contributed by atoms with Crippen LogP contribution in [0.15, 0.2) is 18.2 Å². The SMILES string of the molecule is CCNC(Cc1ccc(F)c(F)c1)CC1CCCO1. The van der Waals surface area contributed by atoms with Gasteiger partial charge in [0.1, 0.15) is 0 Å². The lowest BCUT2D eigenvalue weighted by Gasteiger charge is -2.21. The number of ether oxygens (including phenoxy) is 1. The van der Waals surface area contributed by atoms with Crippen LogP contribution in [0.25, 0.3) is 0 Å². The van der Waals surface area contributed by atoms with Gasteiger partial charge in [-0.3, -0.25) is 0 Å². The summed E-state index contributed by atoms with van der Waals surface area (Å²) in [4.78, 5) is 0. The molecule has 0 amide bonds. The molecule has 1 aromatic rings. The van der Waals surface area contributed by atoms with E-state index in [-0.39, 0.29) is 6.04 Å². The Morgan fingerprint density at radius 1 is 1.37 bits per heavy atom. The first-order valence-electron chi connectivity index (χ1n) is 6.98. The minimum Gasteiger partial charge on any atom is -0.378 e. The summed E-state index contributed by atoms with van der Waals surface area (Å²) in [6.45, 7) is 3.75. The molecule has 2 unspecified atom stereocenters. The molecule has 2 nitrogen and oxygen atoms in total. The van der Waals surface area contributed by atoms with Crippen LogP contribution in [0.3, 0.4) is 0 Å². The number of benzene rings is 1. The molecular formula is C15H21F2NO. The van der Waals surface area contributed by atoms with E-state index in [9.17, 15) is 8.78 Å². The van der Waals surface area contributed by atoms with Gasteiger partial charge in [0.05, 0.1) is 6.10 Å². The van der Waals surface area contributed by atoms with E-state index in [0.29, 0.717) is 12.5 Å². The zero-order valence-electron chi connectivity index (χ0n) is 11.3. The van der Waals surface area contributed by atoms with Crippen LogP contribution >= 0.6 is 0 Å². The Balaban J connectivity index is 1.96. The van der Waals surface area contributed by atoms with Crippen LogP contribution in [0.1, 0.15) is 31.7 Å². The summed E-state index contributed by atoms with van der Waals surface area (Å²) in [5.41, 5.74) is 0.822. The molecule has 19 heavy (non-hydrogen) atoms. The first-order chi connectivity index (χ1) is 9.19. The van der Waals surface area contributed by atoms with E-state index in [1.165, 1.54) is 12.1 Å². The van der Waals surface area contributed by atoms with E-state index in [0.717, 1.165) is 38.0 Å². The molecule has 4 heteroatoms. The van der Waals surface area contributed by atoms with Crippen LogP contribution in [0.4, 0.5) is 8.78 Å². The third kappa shape index (κ3) is 4.25. The minimum absolute atomic E-state index is 0.248. The lowest BCUT2D eigenvalue weighted by atomic mass is 9.99. The fourth-order valence-electron chi connectivity index (χ4n) is 2.63. The van der Waals surface area contributed by atoms with Crippen molar-refractivity contribution < 1.29 is 13.5 Å². The van der Waals surface area contributed by atoms with Gasteiger partial charge in [0, 0.05) is 12.6 Å². The molecular weight excluding hydrogens is 248 g/mol. The highest BCUT2D eigenvalue weighted by Crippen LogP contribution is 2.19. The zero-order valence-corrected chi connectivity index (χ0v) is 11.3. The second kappa shape index (κ2) is 6.96. The van der Waals surface area contributed by atoms with E-state index < -0.39 is 11.6 Å². The molecule has 0 aromatic heterocycles. The second-order valence-corrected chi connectivity index (χ2v) is 5.08. The van der Waals surface area contributed by atoms with Crippen molar-refractivity contribution in [3.8, 4) is 0 Å². The van der Waals surface area contributed by atoms with Crippen molar-refractivity contribution in [2.24, 2.45) is 0 Å². The smallest absolute Gasteiger partial charge is 0.159 e. The number of hydrogen-bond acceptors (Lipinski definition) is 2. The molecule has 2 atom stereocenters. The highest BCUT2D eigenvalue weighted by Gasteiger charge is 2.20. The van der Waals surface area contributed by atoms with Crippen molar-refractivity contribution in [2.75, 3.05) is 13.2 Å². The van der Waals surface area contributed by atoms with Gasteiger partial charge in [-0.05, 0) is 49.9 Å². The topological polar surface area (TPSA) is 21.3 Å². The molecule has 0 radical (unpaired) electrons. The van der Waals surface area contributed by atoms with Crippen molar-refractivity contribution >= 4 is 0 Å². The molecule has 1 fully saturated rings. The van der Waals surface area contributed by atoms with Crippen molar-refractivity contribution in [1.29, 1.82) is 0 Å². The monoisotopic (exact) mass is 269 g/mol. The van der Waals surface area contributed by atoms with E-state index in [1.54, 1.807) is 6.07 Å². The molecule has 2 rings (SSSR count). The molecule has 1 saturated heterocycles. The molecule has 1 heterocycles. The molecule has 1 aliphatic heterocycles. The number of nitrogens with one attached hydrogen (secondary N) is 1. The van der Waals surface area contributed by atoms with Crippen LogP contribution in [-0.4, -0.2) is 25.3 Å². The summed E-state index contributed by atoms with van der Waals surface area (Å²) in [7, 11) is 0. The lowest BCUT2D eigenvalue weighted by Crippen LogP contribution is -2.34. The Morgan fingerprint density at radius 3 is 2.84 bits per heavy atom. The fraction of sp³-hybridized carbons (Fsp3) is 0.600. The number of halogens is 2. The summed E-state index contributed by atoms with van der Waals surface area (Å²) < 4.78 is 31.7. The maximum Gasteiger partial charge on any atom is 0.159 e. The maximum absolute atomic E-state index is 13.2. The number of likely N-dealkylation sites (N-methyl/N-ethyl adjacent to an activating group) is 1. The van der Waals surface area contributed by atoms with Crippen molar-refractivity contribution in [2.45, 2.75) is 44.8 Å². The summed E-state index contributed by atoms with van der Waals surface area (Å²) >= 11 is 0. The normalized spacial score (nSPS) is 20.7. The van der Waals surface area contributed by atoms with E-state index >= 15 is 0 Å². The largest absolute Gasteiger partial charge is 0.378 e. The molecule has 1 aliphatic rings. The zero-order chi connectivity index (χ0) is 13.7. The molecule has 1 aromatic carbocycles. The standard InChI is InChI=1S/C15H21F2NO/c1-2-18-12(10-13-4-3-7-19-13)8-11-5-6-14(16)15(17)9-11/h5-6,9,12-13,18H,2-4,7-8,10H2,1H3. The molecule has 0 aliphatic carbocycles. The predicted molar refractivity (Wildman–Crippen MR) is 71.1 cm³/mol. The third-order valence-corrected chi connectivity index (χ3v) is 3.53. The van der Waals surface area contributed by atoms with Gasteiger partial charge < -0.3 is 10.1 Å². The second-order valence-electron chi connectivity index (χ2n) is 5.08. The van der Waals surface area contributed by atoms with Gasteiger partial charge in [0.2, 0.25) is 0 Å². The average molecular weight is 269 g/mol. The van der Waals surface area contributed by atoms with Crippen LogP contribution in [-0.2, 0) is 11.2 Å². The fourth-order valence-corrected chi connectivity index (χ4v) is 2.63. The van der Waals surface area contributed by atoms with Gasteiger partial charge in [-0.25, -0.2) is 8.78 Å². The summed E-state index contributed by atoms with van der Waals surface area (Å²) in [5.74, 6) is -1.56. The summed E-state index contributed by atoms with van der Waals surface area (Å²) in [6.07, 6.45) is 4.14. The highest BCUT2D eigenvalue weighted by atomic mass is 19.2. The number of hydrogen-bond donors (Lipinski definition) is 1.